The van der Waals surface area contributed by atoms with Crippen LogP contribution in [0.5, 0.6) is 0 Å². The molecule has 0 spiro atoms. The van der Waals surface area contributed by atoms with Crippen LogP contribution >= 0.6 is 11.8 Å². The molecule has 0 aliphatic heterocycles. The third kappa shape index (κ3) is 4.18. The quantitative estimate of drug-likeness (QED) is 0.708. The minimum Gasteiger partial charge on any atom is -0.325 e. The lowest BCUT2D eigenvalue weighted by Gasteiger charge is -2.08. The summed E-state index contributed by atoms with van der Waals surface area (Å²) in [4.78, 5) is 12.5. The molecule has 3 aromatic rings. The molecule has 9 heteroatoms. The normalized spacial score (nSPS) is 10.7. The molecule has 128 valence electrons. The highest BCUT2D eigenvalue weighted by atomic mass is 32.2. The van der Waals surface area contributed by atoms with E-state index in [0.717, 1.165) is 23.9 Å². The van der Waals surface area contributed by atoms with Crippen LogP contribution in [0, 0.1) is 18.6 Å². The number of hydrogen-bond donors (Lipinski definition) is 1. The minimum atomic E-state index is -0.935. The molecular formula is C16H13F2N5OS. The first-order chi connectivity index (χ1) is 12.0. The van der Waals surface area contributed by atoms with Gasteiger partial charge in [0.1, 0.15) is 0 Å². The van der Waals surface area contributed by atoms with Crippen LogP contribution < -0.4 is 5.32 Å². The van der Waals surface area contributed by atoms with Crippen LogP contribution in [0.1, 0.15) is 5.82 Å². The predicted octanol–water partition coefficient (Wildman–Crippen LogP) is 2.98. The van der Waals surface area contributed by atoms with Gasteiger partial charge in [0.25, 0.3) is 0 Å². The monoisotopic (exact) mass is 361 g/mol. The first kappa shape index (κ1) is 17.0. The fourth-order valence-electron chi connectivity index (χ4n) is 2.10. The SMILES string of the molecule is Cc1nnnn1-c1cccc(NC(=O)CSc2ccc(F)c(F)c2)c1. The summed E-state index contributed by atoms with van der Waals surface area (Å²) in [5.41, 5.74) is 1.30. The number of rotatable bonds is 5. The third-order valence-electron chi connectivity index (χ3n) is 3.26. The van der Waals surface area contributed by atoms with Crippen molar-refractivity contribution in [2.45, 2.75) is 11.8 Å². The number of halogens is 2. The zero-order chi connectivity index (χ0) is 17.8. The summed E-state index contributed by atoms with van der Waals surface area (Å²) in [5, 5.41) is 14.0. The Kier molecular flexibility index (Phi) is 5.03. The Morgan fingerprint density at radius 3 is 2.76 bits per heavy atom. The van der Waals surface area contributed by atoms with Crippen molar-refractivity contribution in [3.05, 3.63) is 59.9 Å². The fraction of sp³-hybridized carbons (Fsp3) is 0.125. The van der Waals surface area contributed by atoms with Gasteiger partial charge in [-0.05, 0) is 53.7 Å². The number of aryl methyl sites for hydroxylation is 1. The smallest absolute Gasteiger partial charge is 0.234 e. The Labute approximate surface area is 146 Å². The van der Waals surface area contributed by atoms with E-state index in [2.05, 4.69) is 20.8 Å². The van der Waals surface area contributed by atoms with Crippen molar-refractivity contribution in [1.82, 2.24) is 20.2 Å². The maximum atomic E-state index is 13.2. The molecule has 0 saturated heterocycles. The molecule has 1 N–H and O–H groups in total. The average molecular weight is 361 g/mol. The summed E-state index contributed by atoms with van der Waals surface area (Å²) >= 11 is 1.12. The number of benzene rings is 2. The molecular weight excluding hydrogens is 348 g/mol. The van der Waals surface area contributed by atoms with E-state index in [4.69, 9.17) is 0 Å². The molecule has 0 aliphatic rings. The highest BCUT2D eigenvalue weighted by Gasteiger charge is 2.08. The number of anilines is 1. The average Bonchev–Trinajstić information content (AvgIpc) is 3.02. The van der Waals surface area contributed by atoms with Gasteiger partial charge in [-0.2, -0.15) is 4.68 Å². The highest BCUT2D eigenvalue weighted by Crippen LogP contribution is 2.21. The fourth-order valence-corrected chi connectivity index (χ4v) is 2.82. The topological polar surface area (TPSA) is 72.7 Å². The van der Waals surface area contributed by atoms with Crippen LogP contribution in [-0.4, -0.2) is 31.9 Å². The van der Waals surface area contributed by atoms with Crippen molar-refractivity contribution in [2.75, 3.05) is 11.1 Å². The Bertz CT molecular complexity index is 915. The van der Waals surface area contributed by atoms with Gasteiger partial charge < -0.3 is 5.32 Å². The second kappa shape index (κ2) is 7.39. The Morgan fingerprint density at radius 2 is 2.04 bits per heavy atom. The van der Waals surface area contributed by atoms with Gasteiger partial charge in [0, 0.05) is 10.6 Å². The Hall–Kier alpha value is -2.81. The van der Waals surface area contributed by atoms with Crippen molar-refractivity contribution in [3.8, 4) is 5.69 Å². The predicted molar refractivity (Wildman–Crippen MR) is 89.6 cm³/mol. The second-order valence-electron chi connectivity index (χ2n) is 5.10. The number of hydrogen-bond acceptors (Lipinski definition) is 5. The number of amides is 1. The van der Waals surface area contributed by atoms with E-state index in [-0.39, 0.29) is 11.7 Å². The van der Waals surface area contributed by atoms with Crippen LogP contribution in [-0.2, 0) is 4.79 Å². The van der Waals surface area contributed by atoms with E-state index in [0.29, 0.717) is 22.1 Å². The van der Waals surface area contributed by atoms with Gasteiger partial charge in [0.15, 0.2) is 17.5 Å². The zero-order valence-electron chi connectivity index (χ0n) is 13.1. The van der Waals surface area contributed by atoms with Gasteiger partial charge >= 0.3 is 0 Å². The van der Waals surface area contributed by atoms with Crippen molar-refractivity contribution >= 4 is 23.4 Å². The van der Waals surface area contributed by atoms with Gasteiger partial charge in [-0.15, -0.1) is 16.9 Å². The maximum Gasteiger partial charge on any atom is 0.234 e. The van der Waals surface area contributed by atoms with Crippen molar-refractivity contribution in [3.63, 3.8) is 0 Å². The van der Waals surface area contributed by atoms with Gasteiger partial charge in [-0.25, -0.2) is 8.78 Å². The summed E-state index contributed by atoms with van der Waals surface area (Å²) in [5.74, 6) is -1.42. The lowest BCUT2D eigenvalue weighted by Crippen LogP contribution is -2.14. The largest absolute Gasteiger partial charge is 0.325 e. The van der Waals surface area contributed by atoms with Crippen molar-refractivity contribution < 1.29 is 13.6 Å². The van der Waals surface area contributed by atoms with E-state index in [1.165, 1.54) is 6.07 Å². The summed E-state index contributed by atoms with van der Waals surface area (Å²) in [6.07, 6.45) is 0. The molecule has 25 heavy (non-hydrogen) atoms. The molecule has 0 radical (unpaired) electrons. The maximum absolute atomic E-state index is 13.2. The summed E-state index contributed by atoms with van der Waals surface area (Å²) in [7, 11) is 0. The van der Waals surface area contributed by atoms with Gasteiger partial charge in [-0.3, -0.25) is 4.79 Å². The minimum absolute atomic E-state index is 0.0687. The van der Waals surface area contributed by atoms with E-state index >= 15 is 0 Å². The van der Waals surface area contributed by atoms with Crippen LogP contribution in [0.15, 0.2) is 47.4 Å². The van der Waals surface area contributed by atoms with Crippen LogP contribution in [0.25, 0.3) is 5.69 Å². The first-order valence-corrected chi connectivity index (χ1v) is 8.24. The number of nitrogens with one attached hydrogen (secondary N) is 1. The molecule has 2 aromatic carbocycles. The molecule has 3 rings (SSSR count). The molecule has 0 unspecified atom stereocenters. The van der Waals surface area contributed by atoms with Gasteiger partial charge in [0.2, 0.25) is 5.91 Å². The summed E-state index contributed by atoms with van der Waals surface area (Å²) in [6, 6.07) is 10.6. The number of tetrazole rings is 1. The second-order valence-corrected chi connectivity index (χ2v) is 6.15. The van der Waals surface area contributed by atoms with Crippen LogP contribution in [0.4, 0.5) is 14.5 Å². The highest BCUT2D eigenvalue weighted by molar-refractivity contribution is 8.00. The molecule has 0 saturated carbocycles. The lowest BCUT2D eigenvalue weighted by atomic mass is 10.2. The Morgan fingerprint density at radius 1 is 1.20 bits per heavy atom. The van der Waals surface area contributed by atoms with Gasteiger partial charge in [0.05, 0.1) is 11.4 Å². The summed E-state index contributed by atoms with van der Waals surface area (Å²) < 4.78 is 27.6. The van der Waals surface area contributed by atoms with E-state index in [1.807, 2.05) is 6.07 Å². The third-order valence-corrected chi connectivity index (χ3v) is 4.25. The molecule has 1 heterocycles. The molecule has 0 atom stereocenters. The zero-order valence-corrected chi connectivity index (χ0v) is 13.9. The van der Waals surface area contributed by atoms with E-state index in [9.17, 15) is 13.6 Å². The number of nitrogens with zero attached hydrogens (tertiary/aromatic N) is 4. The number of carbonyl (C=O) groups is 1. The van der Waals surface area contributed by atoms with E-state index < -0.39 is 11.6 Å². The Balaban J connectivity index is 1.63. The molecule has 0 bridgehead atoms. The lowest BCUT2D eigenvalue weighted by molar-refractivity contribution is -0.113. The first-order valence-electron chi connectivity index (χ1n) is 7.26. The van der Waals surface area contributed by atoms with Crippen LogP contribution in [0.2, 0.25) is 0 Å². The molecule has 6 nitrogen and oxygen atoms in total. The van der Waals surface area contributed by atoms with Crippen molar-refractivity contribution in [1.29, 1.82) is 0 Å². The standard InChI is InChI=1S/C16H13F2N5OS/c1-10-20-21-22-23(10)12-4-2-3-11(7-12)19-16(24)9-25-13-5-6-14(17)15(18)8-13/h2-8H,9H2,1H3,(H,19,24). The number of thioether (sulfide) groups is 1. The van der Waals surface area contributed by atoms with Crippen LogP contribution in [0.3, 0.4) is 0 Å². The molecule has 1 aromatic heterocycles. The summed E-state index contributed by atoms with van der Waals surface area (Å²) in [6.45, 7) is 1.77. The van der Waals surface area contributed by atoms with Gasteiger partial charge in [-0.1, -0.05) is 6.07 Å². The molecule has 0 aliphatic carbocycles. The van der Waals surface area contributed by atoms with Crippen molar-refractivity contribution in [2.24, 2.45) is 0 Å². The molecule has 0 fully saturated rings. The number of carbonyl (C=O) groups excluding carboxylic acids is 1. The number of aromatic nitrogens is 4. The molecule has 1 amide bonds. The van der Waals surface area contributed by atoms with E-state index in [1.54, 1.807) is 29.8 Å².